The number of benzene rings is 1. The highest BCUT2D eigenvalue weighted by molar-refractivity contribution is 7.91. The van der Waals surface area contributed by atoms with Crippen LogP contribution in [-0.4, -0.2) is 35.6 Å². The Labute approximate surface area is 160 Å². The van der Waals surface area contributed by atoms with Crippen LogP contribution in [0.15, 0.2) is 24.3 Å². The summed E-state index contributed by atoms with van der Waals surface area (Å²) in [7, 11) is -3.03. The van der Waals surface area contributed by atoms with E-state index in [1.807, 2.05) is 20.8 Å². The average Bonchev–Trinajstić information content (AvgIpc) is 3.11. The van der Waals surface area contributed by atoms with Gasteiger partial charge in [0.15, 0.2) is 9.84 Å². The molecule has 27 heavy (non-hydrogen) atoms. The van der Waals surface area contributed by atoms with Crippen LogP contribution in [-0.2, 0) is 14.6 Å². The van der Waals surface area contributed by atoms with Gasteiger partial charge in [-0.15, -0.1) is 0 Å². The quantitative estimate of drug-likeness (QED) is 0.817. The molecule has 1 atom stereocenters. The predicted molar refractivity (Wildman–Crippen MR) is 108 cm³/mol. The highest BCUT2D eigenvalue weighted by Crippen LogP contribution is 2.27. The molecule has 1 fully saturated rings. The van der Waals surface area contributed by atoms with Gasteiger partial charge in [0.25, 0.3) is 0 Å². The number of aromatic nitrogens is 2. The minimum Gasteiger partial charge on any atom is -0.307 e. The monoisotopic (exact) mass is 387 g/mol. The number of aryl methyl sites for hydroxylation is 4. The number of carbonyl (C=O) groups excluding carboxylic acids is 1. The Morgan fingerprint density at radius 1 is 1.15 bits per heavy atom. The molecule has 1 aliphatic heterocycles. The molecule has 1 aromatic heterocycles. The van der Waals surface area contributed by atoms with Crippen molar-refractivity contribution in [2.24, 2.45) is 0 Å². The molecule has 0 aliphatic carbocycles. The maximum Gasteiger partial charge on any atom is 0.249 e. The summed E-state index contributed by atoms with van der Waals surface area (Å²) in [5, 5.41) is 7.21. The third kappa shape index (κ3) is 4.47. The topological polar surface area (TPSA) is 81.1 Å². The lowest BCUT2D eigenvalue weighted by atomic mass is 10.0. The summed E-state index contributed by atoms with van der Waals surface area (Å²) in [6, 6.07) is 5.70. The van der Waals surface area contributed by atoms with E-state index >= 15 is 0 Å². The molecule has 1 amide bonds. The Kier molecular flexibility index (Phi) is 5.24. The Bertz CT molecular complexity index is 1020. The highest BCUT2D eigenvalue weighted by Gasteiger charge is 2.31. The number of amides is 1. The fourth-order valence-electron chi connectivity index (χ4n) is 3.35. The van der Waals surface area contributed by atoms with Crippen LogP contribution in [0.2, 0.25) is 0 Å². The number of rotatable bonds is 4. The second-order valence-electron chi connectivity index (χ2n) is 7.29. The van der Waals surface area contributed by atoms with E-state index in [1.165, 1.54) is 17.2 Å². The van der Waals surface area contributed by atoms with E-state index in [9.17, 15) is 13.2 Å². The van der Waals surface area contributed by atoms with E-state index in [4.69, 9.17) is 0 Å². The van der Waals surface area contributed by atoms with Gasteiger partial charge in [0.2, 0.25) is 5.91 Å². The summed E-state index contributed by atoms with van der Waals surface area (Å²) in [6.45, 7) is 7.95. The van der Waals surface area contributed by atoms with E-state index in [0.717, 1.165) is 16.8 Å². The molecule has 1 saturated heterocycles. The third-order valence-electron chi connectivity index (χ3n) is 4.96. The summed E-state index contributed by atoms with van der Waals surface area (Å²) in [5.74, 6) is 0.487. The summed E-state index contributed by atoms with van der Waals surface area (Å²) in [6.07, 6.45) is 3.81. The van der Waals surface area contributed by atoms with Gasteiger partial charge in [-0.25, -0.2) is 13.1 Å². The van der Waals surface area contributed by atoms with Crippen molar-refractivity contribution >= 4 is 27.6 Å². The number of carbonyl (C=O) groups is 1. The van der Waals surface area contributed by atoms with Crippen molar-refractivity contribution in [2.45, 2.75) is 40.2 Å². The summed E-state index contributed by atoms with van der Waals surface area (Å²) in [5.41, 5.74) is 5.25. The summed E-state index contributed by atoms with van der Waals surface area (Å²) >= 11 is 0. The van der Waals surface area contributed by atoms with Gasteiger partial charge in [-0.1, -0.05) is 12.1 Å². The van der Waals surface area contributed by atoms with Crippen LogP contribution in [0.25, 0.3) is 6.08 Å². The summed E-state index contributed by atoms with van der Waals surface area (Å²) < 4.78 is 25.1. The first-order valence-electron chi connectivity index (χ1n) is 8.98. The fourth-order valence-corrected chi connectivity index (χ4v) is 5.04. The molecule has 3 rings (SSSR count). The first-order valence-corrected chi connectivity index (χ1v) is 10.8. The molecule has 7 heteroatoms. The van der Waals surface area contributed by atoms with E-state index < -0.39 is 9.84 Å². The summed E-state index contributed by atoms with van der Waals surface area (Å²) in [4.78, 5) is 12.4. The van der Waals surface area contributed by atoms with Crippen molar-refractivity contribution < 1.29 is 13.2 Å². The standard InChI is InChI=1S/C20H25N3O3S/c1-13-9-15(3)17(10-14(13)2)5-6-20(24)21-19-11-16(4)22-23(19)18-7-8-27(25,26)12-18/h5-6,9-11,18H,7-8,12H2,1-4H3,(H,21,24)/b6-5+. The average molecular weight is 388 g/mol. The maximum atomic E-state index is 12.4. The lowest BCUT2D eigenvalue weighted by molar-refractivity contribution is -0.111. The van der Waals surface area contributed by atoms with Crippen LogP contribution >= 0.6 is 0 Å². The van der Waals surface area contributed by atoms with Crippen LogP contribution in [0.5, 0.6) is 0 Å². The Morgan fingerprint density at radius 2 is 1.85 bits per heavy atom. The van der Waals surface area contributed by atoms with Gasteiger partial charge in [0, 0.05) is 12.1 Å². The van der Waals surface area contributed by atoms with E-state index in [1.54, 1.807) is 16.8 Å². The molecule has 2 aromatic rings. The number of nitrogens with zero attached hydrogens (tertiary/aromatic N) is 2. The Balaban J connectivity index is 1.76. The van der Waals surface area contributed by atoms with Crippen LogP contribution in [0.1, 0.15) is 40.4 Å². The van der Waals surface area contributed by atoms with E-state index in [-0.39, 0.29) is 23.5 Å². The fraction of sp³-hybridized carbons (Fsp3) is 0.400. The van der Waals surface area contributed by atoms with Gasteiger partial charge in [0.05, 0.1) is 23.2 Å². The van der Waals surface area contributed by atoms with Crippen molar-refractivity contribution in [3.8, 4) is 0 Å². The maximum absolute atomic E-state index is 12.4. The van der Waals surface area contributed by atoms with Crippen molar-refractivity contribution in [1.82, 2.24) is 9.78 Å². The van der Waals surface area contributed by atoms with Crippen molar-refractivity contribution in [3.05, 3.63) is 52.2 Å². The minimum atomic E-state index is -3.03. The molecule has 1 N–H and O–H groups in total. The van der Waals surface area contributed by atoms with E-state index in [2.05, 4.69) is 29.5 Å². The lowest BCUT2D eigenvalue weighted by Gasteiger charge is -2.13. The molecule has 6 nitrogen and oxygen atoms in total. The molecule has 0 saturated carbocycles. The molecule has 1 aromatic carbocycles. The van der Waals surface area contributed by atoms with Crippen molar-refractivity contribution in [3.63, 3.8) is 0 Å². The zero-order chi connectivity index (χ0) is 19.8. The number of hydrogen-bond acceptors (Lipinski definition) is 4. The first-order chi connectivity index (χ1) is 12.6. The molecule has 144 valence electrons. The first kappa shape index (κ1) is 19.4. The smallest absolute Gasteiger partial charge is 0.249 e. The van der Waals surface area contributed by atoms with Crippen LogP contribution in [0, 0.1) is 27.7 Å². The van der Waals surface area contributed by atoms with Crippen LogP contribution in [0.3, 0.4) is 0 Å². The van der Waals surface area contributed by atoms with Gasteiger partial charge in [0.1, 0.15) is 5.82 Å². The van der Waals surface area contributed by atoms with Crippen LogP contribution < -0.4 is 5.32 Å². The number of nitrogens with one attached hydrogen (secondary N) is 1. The SMILES string of the molecule is Cc1cc(NC(=O)/C=C/c2cc(C)c(C)cc2C)n(C2CCS(=O)(=O)C2)n1. The predicted octanol–water partition coefficient (Wildman–Crippen LogP) is 3.13. The van der Waals surface area contributed by atoms with Gasteiger partial charge >= 0.3 is 0 Å². The second-order valence-corrected chi connectivity index (χ2v) is 9.52. The van der Waals surface area contributed by atoms with Crippen LogP contribution in [0.4, 0.5) is 5.82 Å². The minimum absolute atomic E-state index is 0.0642. The van der Waals surface area contributed by atoms with Gasteiger partial charge in [-0.3, -0.25) is 4.79 Å². The number of anilines is 1. The second kappa shape index (κ2) is 7.31. The molecular weight excluding hydrogens is 362 g/mol. The Morgan fingerprint density at radius 3 is 2.52 bits per heavy atom. The van der Waals surface area contributed by atoms with Crippen molar-refractivity contribution in [2.75, 3.05) is 16.8 Å². The van der Waals surface area contributed by atoms with Gasteiger partial charge < -0.3 is 5.32 Å². The lowest BCUT2D eigenvalue weighted by Crippen LogP contribution is -2.18. The van der Waals surface area contributed by atoms with Gasteiger partial charge in [-0.05, 0) is 62.4 Å². The number of sulfone groups is 1. The molecule has 2 heterocycles. The zero-order valence-electron chi connectivity index (χ0n) is 16.1. The highest BCUT2D eigenvalue weighted by atomic mass is 32.2. The molecule has 1 unspecified atom stereocenters. The molecule has 1 aliphatic rings. The van der Waals surface area contributed by atoms with Crippen molar-refractivity contribution in [1.29, 1.82) is 0 Å². The molecular formula is C20H25N3O3S. The third-order valence-corrected chi connectivity index (χ3v) is 6.71. The molecule has 0 spiro atoms. The molecule has 0 bridgehead atoms. The normalized spacial score (nSPS) is 18.9. The zero-order valence-corrected chi connectivity index (χ0v) is 16.9. The van der Waals surface area contributed by atoms with Gasteiger partial charge in [-0.2, -0.15) is 5.10 Å². The Hall–Kier alpha value is -2.41. The largest absolute Gasteiger partial charge is 0.307 e. The number of hydrogen-bond donors (Lipinski definition) is 1. The molecule has 0 radical (unpaired) electrons. The van der Waals surface area contributed by atoms with E-state index in [0.29, 0.717) is 12.2 Å².